The molecule has 1 aromatic rings. The SMILES string of the molecule is CC(C)[C@@H]1CN(C(=O)CCc2ccccn2)C[C@H]1NS(C)(=O)=O. The molecular formula is C16H25N3O3S. The number of hydrogen-bond donors (Lipinski definition) is 1. The van der Waals surface area contributed by atoms with Crippen molar-refractivity contribution in [2.75, 3.05) is 19.3 Å². The van der Waals surface area contributed by atoms with E-state index in [1.807, 2.05) is 18.2 Å². The molecule has 7 heteroatoms. The second-order valence-corrected chi connectivity index (χ2v) is 8.30. The molecule has 1 fully saturated rings. The minimum Gasteiger partial charge on any atom is -0.341 e. The first-order chi connectivity index (χ1) is 10.8. The molecule has 128 valence electrons. The second-order valence-electron chi connectivity index (χ2n) is 6.52. The zero-order valence-electron chi connectivity index (χ0n) is 13.9. The highest BCUT2D eigenvalue weighted by Gasteiger charge is 2.37. The molecule has 0 radical (unpaired) electrons. The average Bonchev–Trinajstić information content (AvgIpc) is 2.88. The van der Waals surface area contributed by atoms with Crippen LogP contribution in [0.15, 0.2) is 24.4 Å². The largest absolute Gasteiger partial charge is 0.341 e. The van der Waals surface area contributed by atoms with Gasteiger partial charge in [0.15, 0.2) is 0 Å². The maximum atomic E-state index is 12.4. The number of hydrogen-bond acceptors (Lipinski definition) is 4. The molecule has 0 aromatic carbocycles. The third-order valence-electron chi connectivity index (χ3n) is 4.26. The second kappa shape index (κ2) is 7.40. The molecule has 23 heavy (non-hydrogen) atoms. The predicted molar refractivity (Wildman–Crippen MR) is 89.2 cm³/mol. The van der Waals surface area contributed by atoms with Crippen LogP contribution in [0.4, 0.5) is 0 Å². The van der Waals surface area contributed by atoms with E-state index in [1.165, 1.54) is 0 Å². The van der Waals surface area contributed by atoms with Crippen LogP contribution < -0.4 is 4.72 Å². The van der Waals surface area contributed by atoms with E-state index in [9.17, 15) is 13.2 Å². The van der Waals surface area contributed by atoms with Crippen molar-refractivity contribution < 1.29 is 13.2 Å². The minimum absolute atomic E-state index is 0.0547. The van der Waals surface area contributed by atoms with E-state index < -0.39 is 10.0 Å². The quantitative estimate of drug-likeness (QED) is 0.840. The monoisotopic (exact) mass is 339 g/mol. The molecule has 1 aliphatic rings. The summed E-state index contributed by atoms with van der Waals surface area (Å²) >= 11 is 0. The molecule has 1 saturated heterocycles. The Kier molecular flexibility index (Phi) is 5.75. The Bertz CT molecular complexity index is 631. The van der Waals surface area contributed by atoms with Crippen molar-refractivity contribution in [3.05, 3.63) is 30.1 Å². The third-order valence-corrected chi connectivity index (χ3v) is 4.99. The van der Waals surface area contributed by atoms with E-state index in [2.05, 4.69) is 23.6 Å². The smallest absolute Gasteiger partial charge is 0.223 e. The molecule has 1 N–H and O–H groups in total. The van der Waals surface area contributed by atoms with Gasteiger partial charge >= 0.3 is 0 Å². The van der Waals surface area contributed by atoms with Crippen LogP contribution >= 0.6 is 0 Å². The number of carbonyl (C=O) groups is 1. The Balaban J connectivity index is 1.96. The fraction of sp³-hybridized carbons (Fsp3) is 0.625. The number of pyridine rings is 1. The van der Waals surface area contributed by atoms with Crippen LogP contribution in [0.2, 0.25) is 0 Å². The first-order valence-corrected chi connectivity index (χ1v) is 9.80. The van der Waals surface area contributed by atoms with Crippen LogP contribution in [-0.4, -0.2) is 49.6 Å². The molecule has 6 nitrogen and oxygen atoms in total. The molecule has 0 aliphatic carbocycles. The van der Waals surface area contributed by atoms with Crippen molar-refractivity contribution in [3.63, 3.8) is 0 Å². The zero-order valence-corrected chi connectivity index (χ0v) is 14.7. The van der Waals surface area contributed by atoms with Gasteiger partial charge in [-0.15, -0.1) is 0 Å². The van der Waals surface area contributed by atoms with Crippen molar-refractivity contribution in [2.45, 2.75) is 32.7 Å². The topological polar surface area (TPSA) is 79.4 Å². The van der Waals surface area contributed by atoms with Crippen LogP contribution in [0, 0.1) is 11.8 Å². The number of nitrogens with zero attached hydrogens (tertiary/aromatic N) is 2. The van der Waals surface area contributed by atoms with E-state index in [0.717, 1.165) is 11.9 Å². The number of rotatable bonds is 6. The Morgan fingerprint density at radius 1 is 1.39 bits per heavy atom. The Morgan fingerprint density at radius 3 is 2.70 bits per heavy atom. The minimum atomic E-state index is -3.28. The molecule has 2 atom stereocenters. The van der Waals surface area contributed by atoms with Gasteiger partial charge in [-0.3, -0.25) is 9.78 Å². The molecule has 0 spiro atoms. The molecular weight excluding hydrogens is 314 g/mol. The summed E-state index contributed by atoms with van der Waals surface area (Å²) in [7, 11) is -3.28. The number of sulfonamides is 1. The van der Waals surface area contributed by atoms with Crippen molar-refractivity contribution in [2.24, 2.45) is 11.8 Å². The normalized spacial score (nSPS) is 21.8. The molecule has 1 aromatic heterocycles. The maximum Gasteiger partial charge on any atom is 0.223 e. The summed E-state index contributed by atoms with van der Waals surface area (Å²) in [5.74, 6) is 0.505. The molecule has 0 saturated carbocycles. The first kappa shape index (κ1) is 17.9. The van der Waals surface area contributed by atoms with Crippen LogP contribution in [0.5, 0.6) is 0 Å². The molecule has 0 unspecified atom stereocenters. The van der Waals surface area contributed by atoms with Crippen molar-refractivity contribution >= 4 is 15.9 Å². The molecule has 1 aliphatic heterocycles. The van der Waals surface area contributed by atoms with Gasteiger partial charge in [0.25, 0.3) is 0 Å². The summed E-state index contributed by atoms with van der Waals surface area (Å²) in [6, 6.07) is 5.45. The first-order valence-electron chi connectivity index (χ1n) is 7.91. The Hall–Kier alpha value is -1.47. The Morgan fingerprint density at radius 2 is 2.13 bits per heavy atom. The number of aromatic nitrogens is 1. The molecule has 2 heterocycles. The fourth-order valence-corrected chi connectivity index (χ4v) is 3.85. The molecule has 0 bridgehead atoms. The lowest BCUT2D eigenvalue weighted by atomic mass is 9.92. The zero-order chi connectivity index (χ0) is 17.0. The number of carbonyl (C=O) groups excluding carboxylic acids is 1. The van der Waals surface area contributed by atoms with E-state index in [0.29, 0.717) is 31.8 Å². The summed E-state index contributed by atoms with van der Waals surface area (Å²) in [6.07, 6.45) is 3.88. The molecule has 1 amide bonds. The Labute approximate surface area is 138 Å². The number of nitrogens with one attached hydrogen (secondary N) is 1. The summed E-state index contributed by atoms with van der Waals surface area (Å²) in [5, 5.41) is 0. The van der Waals surface area contributed by atoms with Gasteiger partial charge in [0.05, 0.1) is 6.26 Å². The highest BCUT2D eigenvalue weighted by molar-refractivity contribution is 7.88. The number of likely N-dealkylation sites (tertiary alicyclic amines) is 1. The van der Waals surface area contributed by atoms with Gasteiger partial charge in [0, 0.05) is 37.4 Å². The van der Waals surface area contributed by atoms with E-state index >= 15 is 0 Å². The fourth-order valence-electron chi connectivity index (χ4n) is 3.05. The summed E-state index contributed by atoms with van der Waals surface area (Å²) in [5.41, 5.74) is 0.895. The van der Waals surface area contributed by atoms with Crippen LogP contribution in [0.1, 0.15) is 26.0 Å². The predicted octanol–water partition coefficient (Wildman–Crippen LogP) is 1.05. The number of aryl methyl sites for hydroxylation is 1. The van der Waals surface area contributed by atoms with Gasteiger partial charge in [-0.2, -0.15) is 0 Å². The van der Waals surface area contributed by atoms with Crippen LogP contribution in [-0.2, 0) is 21.2 Å². The van der Waals surface area contributed by atoms with E-state index in [4.69, 9.17) is 0 Å². The number of amides is 1. The summed E-state index contributed by atoms with van der Waals surface area (Å²) in [6.45, 7) is 5.16. The van der Waals surface area contributed by atoms with Crippen molar-refractivity contribution in [1.29, 1.82) is 0 Å². The highest BCUT2D eigenvalue weighted by atomic mass is 32.2. The molecule has 2 rings (SSSR count). The van der Waals surface area contributed by atoms with Gasteiger partial charge < -0.3 is 4.90 Å². The maximum absolute atomic E-state index is 12.4. The van der Waals surface area contributed by atoms with Gasteiger partial charge in [-0.25, -0.2) is 13.1 Å². The van der Waals surface area contributed by atoms with Crippen molar-refractivity contribution in [1.82, 2.24) is 14.6 Å². The van der Waals surface area contributed by atoms with Gasteiger partial charge in [0.2, 0.25) is 15.9 Å². The van der Waals surface area contributed by atoms with Crippen molar-refractivity contribution in [3.8, 4) is 0 Å². The highest BCUT2D eigenvalue weighted by Crippen LogP contribution is 2.25. The lowest BCUT2D eigenvalue weighted by Gasteiger charge is -2.21. The van der Waals surface area contributed by atoms with Crippen LogP contribution in [0.3, 0.4) is 0 Å². The average molecular weight is 339 g/mol. The van der Waals surface area contributed by atoms with Gasteiger partial charge in [-0.1, -0.05) is 19.9 Å². The van der Waals surface area contributed by atoms with Crippen LogP contribution in [0.25, 0.3) is 0 Å². The lowest BCUT2D eigenvalue weighted by Crippen LogP contribution is -2.41. The van der Waals surface area contributed by atoms with Gasteiger partial charge in [0.1, 0.15) is 0 Å². The summed E-state index contributed by atoms with van der Waals surface area (Å²) < 4.78 is 25.7. The standard InChI is InChI=1S/C16H25N3O3S/c1-12(2)14-10-19(11-15(14)18-23(3,21)22)16(20)8-7-13-6-4-5-9-17-13/h4-6,9,12,14-15,18H,7-8,10-11H2,1-3H3/t14-,15+/m0/s1. The summed E-state index contributed by atoms with van der Waals surface area (Å²) in [4.78, 5) is 18.4. The third kappa shape index (κ3) is 5.28. The van der Waals surface area contributed by atoms with E-state index in [-0.39, 0.29) is 17.9 Å². The lowest BCUT2D eigenvalue weighted by molar-refractivity contribution is -0.130. The van der Waals surface area contributed by atoms with Gasteiger partial charge in [-0.05, 0) is 30.4 Å². The van der Waals surface area contributed by atoms with E-state index in [1.54, 1.807) is 11.1 Å².